The zero-order valence-electron chi connectivity index (χ0n) is 25.6. The third-order valence-electron chi connectivity index (χ3n) is 9.97. The van der Waals surface area contributed by atoms with Gasteiger partial charge in [-0.1, -0.05) is 75.4 Å². The largest absolute Gasteiger partial charge is 0.497 e. The van der Waals surface area contributed by atoms with E-state index in [1.54, 1.807) is 7.11 Å². The molecule has 1 saturated heterocycles. The SMILES string of the molecule is C=C1CC[C@H](OCOCc2ccccc2)[C@@](C)([C@H]2O[C@H](c3ccc(OC)cc3)O[C@@H]2[C@H]2CCC(=O)C2(C)C)[C@@H]1C(=O)CO. The van der Waals surface area contributed by atoms with Crippen LogP contribution in [0.25, 0.3) is 0 Å². The third kappa shape index (κ3) is 6.08. The molecule has 3 fully saturated rings. The highest BCUT2D eigenvalue weighted by molar-refractivity contribution is 5.87. The lowest BCUT2D eigenvalue weighted by Crippen LogP contribution is -2.59. The van der Waals surface area contributed by atoms with Gasteiger partial charge in [0.05, 0.1) is 37.9 Å². The first kappa shape index (κ1) is 31.5. The molecule has 232 valence electrons. The molecule has 8 nitrogen and oxygen atoms in total. The predicted molar refractivity (Wildman–Crippen MR) is 160 cm³/mol. The monoisotopic (exact) mass is 592 g/mol. The first-order valence-corrected chi connectivity index (χ1v) is 15.1. The molecule has 2 aromatic rings. The standard InChI is InChI=1S/C35H44O8/c1-22-11-18-29(41-21-40-20-23-9-7-6-8-10-23)35(4,30(22)27(37)19-36)32-31(26-16-17-28(38)34(26,2)3)42-33(43-32)24-12-14-25(39-5)15-13-24/h6-10,12-15,26,29-33,36H,1,11,16-21H2,2-5H3/t26-,29+,30+,31-,32+,33-,35-/m1/s1. The number of ketones is 2. The molecule has 0 aromatic heterocycles. The van der Waals surface area contributed by atoms with Crippen LogP contribution in [0.1, 0.15) is 63.9 Å². The molecule has 2 aliphatic carbocycles. The number of rotatable bonds is 11. The number of ether oxygens (including phenoxy) is 5. The Hall–Kier alpha value is -2.88. The fourth-order valence-corrected chi connectivity index (χ4v) is 7.47. The highest BCUT2D eigenvalue weighted by Crippen LogP contribution is 2.57. The first-order valence-electron chi connectivity index (χ1n) is 15.1. The molecule has 5 rings (SSSR count). The molecule has 7 atom stereocenters. The van der Waals surface area contributed by atoms with Crippen molar-refractivity contribution >= 4 is 11.6 Å². The van der Waals surface area contributed by atoms with Gasteiger partial charge in [0, 0.05) is 28.7 Å². The van der Waals surface area contributed by atoms with Gasteiger partial charge in [-0.3, -0.25) is 9.59 Å². The van der Waals surface area contributed by atoms with Crippen LogP contribution in [0.2, 0.25) is 0 Å². The molecule has 3 aliphatic rings. The minimum Gasteiger partial charge on any atom is -0.497 e. The van der Waals surface area contributed by atoms with E-state index in [0.717, 1.165) is 16.7 Å². The van der Waals surface area contributed by atoms with Crippen molar-refractivity contribution in [3.63, 3.8) is 0 Å². The van der Waals surface area contributed by atoms with Crippen molar-refractivity contribution < 1.29 is 38.4 Å². The van der Waals surface area contributed by atoms with Crippen molar-refractivity contribution in [2.75, 3.05) is 20.5 Å². The molecule has 0 amide bonds. The van der Waals surface area contributed by atoms with Gasteiger partial charge in [0.25, 0.3) is 0 Å². The van der Waals surface area contributed by atoms with E-state index in [9.17, 15) is 14.7 Å². The summed E-state index contributed by atoms with van der Waals surface area (Å²) in [5, 5.41) is 10.1. The molecule has 1 aliphatic heterocycles. The summed E-state index contributed by atoms with van der Waals surface area (Å²) in [6.07, 6.45) is -0.0181. The topological polar surface area (TPSA) is 101 Å². The van der Waals surface area contributed by atoms with Crippen molar-refractivity contribution in [3.05, 3.63) is 77.9 Å². The van der Waals surface area contributed by atoms with E-state index >= 15 is 0 Å². The van der Waals surface area contributed by atoms with Gasteiger partial charge in [0.1, 0.15) is 24.9 Å². The number of methoxy groups -OCH3 is 1. The van der Waals surface area contributed by atoms with E-state index in [1.165, 1.54) is 0 Å². The minimum absolute atomic E-state index is 0.0230. The van der Waals surface area contributed by atoms with Crippen LogP contribution in [-0.2, 0) is 35.1 Å². The number of benzene rings is 2. The molecule has 0 bridgehead atoms. The molecule has 1 N–H and O–H groups in total. The van der Waals surface area contributed by atoms with E-state index in [2.05, 4.69) is 6.58 Å². The molecule has 1 heterocycles. The summed E-state index contributed by atoms with van der Waals surface area (Å²) in [7, 11) is 1.61. The molecule has 2 aromatic carbocycles. The van der Waals surface area contributed by atoms with Crippen LogP contribution in [0.15, 0.2) is 66.7 Å². The van der Waals surface area contributed by atoms with Crippen LogP contribution in [0.5, 0.6) is 5.75 Å². The molecule has 0 unspecified atom stereocenters. The van der Waals surface area contributed by atoms with Crippen LogP contribution in [0.3, 0.4) is 0 Å². The van der Waals surface area contributed by atoms with E-state index < -0.39 is 48.0 Å². The van der Waals surface area contributed by atoms with Gasteiger partial charge in [0.15, 0.2) is 12.1 Å². The zero-order valence-corrected chi connectivity index (χ0v) is 25.6. The average Bonchev–Trinajstić information content (AvgIpc) is 3.57. The Bertz CT molecular complexity index is 1280. The first-order chi connectivity index (χ1) is 20.6. The number of aliphatic hydroxyl groups is 1. The van der Waals surface area contributed by atoms with Crippen LogP contribution in [0.4, 0.5) is 0 Å². The Labute approximate surface area is 254 Å². The number of allylic oxidation sites excluding steroid dienone is 1. The quantitative estimate of drug-likeness (QED) is 0.205. The van der Waals surface area contributed by atoms with Gasteiger partial charge in [-0.05, 0) is 37.0 Å². The summed E-state index contributed by atoms with van der Waals surface area (Å²) in [5.74, 6) is -0.291. The molecule has 2 saturated carbocycles. The van der Waals surface area contributed by atoms with E-state index in [0.29, 0.717) is 38.0 Å². The van der Waals surface area contributed by atoms with Gasteiger partial charge < -0.3 is 28.8 Å². The average molecular weight is 593 g/mol. The molecule has 8 heteroatoms. The normalized spacial score (nSPS) is 32.2. The summed E-state index contributed by atoms with van der Waals surface area (Å²) in [6, 6.07) is 17.4. The van der Waals surface area contributed by atoms with Gasteiger partial charge >= 0.3 is 0 Å². The molecular formula is C35H44O8. The Kier molecular flexibility index (Phi) is 9.54. The van der Waals surface area contributed by atoms with Gasteiger partial charge in [0.2, 0.25) is 0 Å². The van der Waals surface area contributed by atoms with E-state index in [1.807, 2.05) is 75.4 Å². The molecule has 43 heavy (non-hydrogen) atoms. The maximum atomic E-state index is 13.5. The predicted octanol–water partition coefficient (Wildman–Crippen LogP) is 5.58. The third-order valence-corrected chi connectivity index (χ3v) is 9.97. The second kappa shape index (κ2) is 13.0. The Morgan fingerprint density at radius 1 is 1.02 bits per heavy atom. The van der Waals surface area contributed by atoms with Crippen LogP contribution >= 0.6 is 0 Å². The Morgan fingerprint density at radius 3 is 2.37 bits per heavy atom. The Morgan fingerprint density at radius 2 is 1.74 bits per heavy atom. The van der Waals surface area contributed by atoms with Crippen LogP contribution in [0, 0.1) is 22.7 Å². The van der Waals surface area contributed by atoms with Crippen molar-refractivity contribution in [1.29, 1.82) is 0 Å². The second-order valence-corrected chi connectivity index (χ2v) is 12.8. The fourth-order valence-electron chi connectivity index (χ4n) is 7.47. The zero-order chi connectivity index (χ0) is 30.8. The number of hydrogen-bond acceptors (Lipinski definition) is 8. The van der Waals surface area contributed by atoms with Gasteiger partial charge in [-0.15, -0.1) is 0 Å². The van der Waals surface area contributed by atoms with Gasteiger partial charge in [-0.25, -0.2) is 0 Å². The highest BCUT2D eigenvalue weighted by Gasteiger charge is 2.63. The molecule has 0 radical (unpaired) electrons. The fraction of sp³-hybridized carbons (Fsp3) is 0.543. The van der Waals surface area contributed by atoms with E-state index in [4.69, 9.17) is 23.7 Å². The van der Waals surface area contributed by atoms with Crippen molar-refractivity contribution in [2.24, 2.45) is 22.7 Å². The Balaban J connectivity index is 1.50. The van der Waals surface area contributed by atoms with Gasteiger partial charge in [-0.2, -0.15) is 0 Å². The number of aliphatic hydroxyl groups excluding tert-OH is 1. The van der Waals surface area contributed by atoms with Crippen molar-refractivity contribution in [3.8, 4) is 5.75 Å². The van der Waals surface area contributed by atoms with Crippen molar-refractivity contribution in [2.45, 2.75) is 77.7 Å². The van der Waals surface area contributed by atoms with Crippen LogP contribution < -0.4 is 4.74 Å². The lowest BCUT2D eigenvalue weighted by atomic mass is 9.57. The summed E-state index contributed by atoms with van der Waals surface area (Å²) in [6.45, 7) is 9.99. The molecular weight excluding hydrogens is 548 g/mol. The molecule has 0 spiro atoms. The lowest BCUT2D eigenvalue weighted by molar-refractivity contribution is -0.193. The smallest absolute Gasteiger partial charge is 0.184 e. The highest BCUT2D eigenvalue weighted by atomic mass is 16.7. The number of Topliss-reactive ketones (excluding diaryl/α,β-unsaturated/α-hetero) is 2. The minimum atomic E-state index is -0.959. The maximum Gasteiger partial charge on any atom is 0.184 e. The van der Waals surface area contributed by atoms with Crippen LogP contribution in [-0.4, -0.2) is 55.5 Å². The summed E-state index contributed by atoms with van der Waals surface area (Å²) < 4.78 is 31.3. The number of carbonyl (C=O) groups excluding carboxylic acids is 2. The van der Waals surface area contributed by atoms with Crippen molar-refractivity contribution in [1.82, 2.24) is 0 Å². The summed E-state index contributed by atoms with van der Waals surface area (Å²) in [5.41, 5.74) is 0.987. The second-order valence-electron chi connectivity index (χ2n) is 12.8. The number of carbonyl (C=O) groups is 2. The number of hydrogen-bond donors (Lipinski definition) is 1. The summed E-state index contributed by atoms with van der Waals surface area (Å²) >= 11 is 0. The summed E-state index contributed by atoms with van der Waals surface area (Å²) in [4.78, 5) is 26.5. The maximum absolute atomic E-state index is 13.5. The lowest BCUT2D eigenvalue weighted by Gasteiger charge is -2.51. The van der Waals surface area contributed by atoms with E-state index in [-0.39, 0.29) is 24.3 Å².